The summed E-state index contributed by atoms with van der Waals surface area (Å²) >= 11 is 0. The van der Waals surface area contributed by atoms with E-state index in [1.807, 2.05) is 18.2 Å². The summed E-state index contributed by atoms with van der Waals surface area (Å²) in [5.41, 5.74) is 0.136. The zero-order chi connectivity index (χ0) is 13.6. The summed E-state index contributed by atoms with van der Waals surface area (Å²) in [6, 6.07) is 9.00. The van der Waals surface area contributed by atoms with E-state index in [4.69, 9.17) is 4.74 Å². The molecule has 0 unspecified atom stereocenters. The van der Waals surface area contributed by atoms with Crippen molar-refractivity contribution in [2.45, 2.75) is 32.8 Å². The molecule has 0 spiro atoms. The number of rotatable bonds is 4. The van der Waals surface area contributed by atoms with Crippen molar-refractivity contribution >= 4 is 11.9 Å². The molecule has 1 aromatic carbocycles. The van der Waals surface area contributed by atoms with Gasteiger partial charge in [-0.25, -0.2) is 4.79 Å². The molecule has 0 saturated heterocycles. The second-order valence-corrected chi connectivity index (χ2v) is 4.97. The number of carbonyl (C=O) groups excluding carboxylic acids is 2. The van der Waals surface area contributed by atoms with E-state index >= 15 is 0 Å². The first kappa shape index (κ1) is 14.2. The minimum absolute atomic E-state index is 0.00617. The van der Waals surface area contributed by atoms with Gasteiger partial charge in [-0.3, -0.25) is 4.79 Å². The van der Waals surface area contributed by atoms with Crippen LogP contribution in [0.25, 0.3) is 0 Å². The zero-order valence-electron chi connectivity index (χ0n) is 11.0. The Kier molecular flexibility index (Phi) is 4.89. The van der Waals surface area contributed by atoms with Crippen LogP contribution >= 0.6 is 0 Å². The Bertz CT molecular complexity index is 407. The molecule has 4 heteroatoms. The van der Waals surface area contributed by atoms with Gasteiger partial charge in [-0.2, -0.15) is 0 Å². The van der Waals surface area contributed by atoms with E-state index in [-0.39, 0.29) is 18.7 Å². The van der Waals surface area contributed by atoms with Crippen LogP contribution in [0, 0.1) is 0 Å². The highest BCUT2D eigenvalue weighted by Gasteiger charge is 2.15. The van der Waals surface area contributed by atoms with E-state index in [1.165, 1.54) is 0 Å². The monoisotopic (exact) mass is 249 g/mol. The quantitative estimate of drug-likeness (QED) is 0.835. The van der Waals surface area contributed by atoms with Gasteiger partial charge >= 0.3 is 6.09 Å². The summed E-state index contributed by atoms with van der Waals surface area (Å²) in [5, 5.41) is 2.56. The second-order valence-electron chi connectivity index (χ2n) is 4.97. The van der Waals surface area contributed by atoms with Gasteiger partial charge < -0.3 is 10.1 Å². The molecule has 0 aromatic heterocycles. The maximum Gasteiger partial charge on any atom is 0.407 e. The molecule has 18 heavy (non-hydrogen) atoms. The number of amides is 1. The van der Waals surface area contributed by atoms with Gasteiger partial charge in [0, 0.05) is 18.5 Å². The third kappa shape index (κ3) is 5.48. The number of ether oxygens (including phenoxy) is 1. The van der Waals surface area contributed by atoms with Gasteiger partial charge in [0.05, 0.1) is 0 Å². The number of benzene rings is 1. The van der Waals surface area contributed by atoms with Crippen LogP contribution in [0.1, 0.15) is 37.6 Å². The van der Waals surface area contributed by atoms with E-state index in [2.05, 4.69) is 5.32 Å². The number of hydrogen-bond acceptors (Lipinski definition) is 3. The van der Waals surface area contributed by atoms with Crippen molar-refractivity contribution in [3.8, 4) is 0 Å². The maximum atomic E-state index is 11.7. The summed E-state index contributed by atoms with van der Waals surface area (Å²) in [6.45, 7) is 5.66. The number of Topliss-reactive ketones (excluding diaryl/α,β-unsaturated/α-hetero) is 1. The van der Waals surface area contributed by atoms with Crippen LogP contribution in [0.2, 0.25) is 0 Å². The van der Waals surface area contributed by atoms with E-state index < -0.39 is 11.7 Å². The molecule has 1 rings (SSSR count). The van der Waals surface area contributed by atoms with Crippen molar-refractivity contribution in [1.82, 2.24) is 5.32 Å². The Balaban J connectivity index is 2.30. The summed E-state index contributed by atoms with van der Waals surface area (Å²) in [7, 11) is 0. The first-order valence-electron chi connectivity index (χ1n) is 5.93. The van der Waals surface area contributed by atoms with Crippen LogP contribution in [-0.4, -0.2) is 24.0 Å². The van der Waals surface area contributed by atoms with Crippen molar-refractivity contribution in [2.75, 3.05) is 6.54 Å². The number of hydrogen-bond donors (Lipinski definition) is 1. The molecule has 0 heterocycles. The van der Waals surface area contributed by atoms with Gasteiger partial charge in [-0.05, 0) is 20.8 Å². The van der Waals surface area contributed by atoms with Gasteiger partial charge in [-0.1, -0.05) is 30.3 Å². The highest BCUT2D eigenvalue weighted by atomic mass is 16.6. The van der Waals surface area contributed by atoms with Gasteiger partial charge in [0.15, 0.2) is 5.78 Å². The fourth-order valence-electron chi connectivity index (χ4n) is 1.36. The Morgan fingerprint density at radius 1 is 1.17 bits per heavy atom. The molecule has 0 radical (unpaired) electrons. The Morgan fingerprint density at radius 2 is 1.78 bits per heavy atom. The molecule has 4 nitrogen and oxygen atoms in total. The molecule has 0 aliphatic rings. The highest BCUT2D eigenvalue weighted by Crippen LogP contribution is 2.06. The fourth-order valence-corrected chi connectivity index (χ4v) is 1.36. The predicted molar refractivity (Wildman–Crippen MR) is 69.6 cm³/mol. The Labute approximate surface area is 107 Å². The molecule has 0 bridgehead atoms. The van der Waals surface area contributed by atoms with Crippen LogP contribution in [0.4, 0.5) is 4.79 Å². The summed E-state index contributed by atoms with van der Waals surface area (Å²) < 4.78 is 5.06. The predicted octanol–water partition coefficient (Wildman–Crippen LogP) is 2.78. The summed E-state index contributed by atoms with van der Waals surface area (Å²) in [4.78, 5) is 23.1. The topological polar surface area (TPSA) is 55.4 Å². The van der Waals surface area contributed by atoms with Crippen LogP contribution in [0.5, 0.6) is 0 Å². The molecule has 1 N–H and O–H groups in total. The Morgan fingerprint density at radius 3 is 2.33 bits per heavy atom. The second kappa shape index (κ2) is 6.19. The minimum atomic E-state index is -0.520. The molecule has 98 valence electrons. The smallest absolute Gasteiger partial charge is 0.407 e. The minimum Gasteiger partial charge on any atom is -0.444 e. The highest BCUT2D eigenvalue weighted by molar-refractivity contribution is 5.96. The van der Waals surface area contributed by atoms with Crippen molar-refractivity contribution in [2.24, 2.45) is 0 Å². The molecule has 0 fully saturated rings. The maximum absolute atomic E-state index is 11.7. The molecular weight excluding hydrogens is 230 g/mol. The van der Waals surface area contributed by atoms with Crippen molar-refractivity contribution < 1.29 is 14.3 Å². The van der Waals surface area contributed by atoms with Crippen molar-refractivity contribution in [1.29, 1.82) is 0 Å². The lowest BCUT2D eigenvalue weighted by Gasteiger charge is -2.19. The lowest BCUT2D eigenvalue weighted by atomic mass is 10.1. The largest absolute Gasteiger partial charge is 0.444 e. The van der Waals surface area contributed by atoms with Crippen LogP contribution in [-0.2, 0) is 4.74 Å². The SMILES string of the molecule is CC(C)(C)OC(=O)NCCC(=O)c1ccccc1. The van der Waals surface area contributed by atoms with Gasteiger partial charge in [0.2, 0.25) is 0 Å². The van der Waals surface area contributed by atoms with Crippen molar-refractivity contribution in [3.05, 3.63) is 35.9 Å². The van der Waals surface area contributed by atoms with Crippen LogP contribution < -0.4 is 5.32 Å². The van der Waals surface area contributed by atoms with Crippen molar-refractivity contribution in [3.63, 3.8) is 0 Å². The Hall–Kier alpha value is -1.84. The lowest BCUT2D eigenvalue weighted by Crippen LogP contribution is -2.33. The first-order valence-corrected chi connectivity index (χ1v) is 5.93. The van der Waals surface area contributed by atoms with E-state index in [1.54, 1.807) is 32.9 Å². The summed E-state index contributed by atoms with van der Waals surface area (Å²) in [6.07, 6.45) is -0.230. The molecular formula is C14H19NO3. The molecule has 1 aromatic rings. The van der Waals surface area contributed by atoms with E-state index in [9.17, 15) is 9.59 Å². The zero-order valence-corrected chi connectivity index (χ0v) is 11.0. The molecule has 0 aliphatic carbocycles. The van der Waals surface area contributed by atoms with E-state index in [0.717, 1.165) is 0 Å². The third-order valence-electron chi connectivity index (χ3n) is 2.12. The normalized spacial score (nSPS) is 10.8. The average molecular weight is 249 g/mol. The molecule has 1 amide bonds. The van der Waals surface area contributed by atoms with Gasteiger partial charge in [-0.15, -0.1) is 0 Å². The number of nitrogens with one attached hydrogen (secondary N) is 1. The average Bonchev–Trinajstić information content (AvgIpc) is 2.27. The van der Waals surface area contributed by atoms with Crippen LogP contribution in [0.3, 0.4) is 0 Å². The third-order valence-corrected chi connectivity index (χ3v) is 2.12. The standard InChI is InChI=1S/C14H19NO3/c1-14(2,3)18-13(17)15-10-9-12(16)11-7-5-4-6-8-11/h4-8H,9-10H2,1-3H3,(H,15,17). The first-order chi connectivity index (χ1) is 8.38. The molecule has 0 atom stereocenters. The van der Waals surface area contributed by atoms with E-state index in [0.29, 0.717) is 5.56 Å². The number of ketones is 1. The fraction of sp³-hybridized carbons (Fsp3) is 0.429. The lowest BCUT2D eigenvalue weighted by molar-refractivity contribution is 0.0527. The number of carbonyl (C=O) groups is 2. The molecule has 0 aliphatic heterocycles. The van der Waals surface area contributed by atoms with Gasteiger partial charge in [0.25, 0.3) is 0 Å². The number of alkyl carbamates (subject to hydrolysis) is 1. The van der Waals surface area contributed by atoms with Crippen LogP contribution in [0.15, 0.2) is 30.3 Å². The summed E-state index contributed by atoms with van der Waals surface area (Å²) in [5.74, 6) is 0.00617. The molecule has 0 saturated carbocycles. The van der Waals surface area contributed by atoms with Gasteiger partial charge in [0.1, 0.15) is 5.60 Å².